The molecule has 0 heterocycles. The summed E-state index contributed by atoms with van der Waals surface area (Å²) in [5.74, 6) is 0.491. The predicted molar refractivity (Wildman–Crippen MR) is 106 cm³/mol. The molecular weight excluding hydrogens is 368 g/mol. The van der Waals surface area contributed by atoms with E-state index < -0.39 is 0 Å². The average molecular weight is 391 g/mol. The Morgan fingerprint density at radius 3 is 2.22 bits per heavy atom. The minimum atomic E-state index is -0.353. The maximum atomic E-state index is 12.6. The molecule has 0 bridgehead atoms. The molecule has 0 unspecified atom stereocenters. The van der Waals surface area contributed by atoms with Gasteiger partial charge in [0.25, 0.3) is 11.8 Å². The molecule has 0 aliphatic heterocycles. The molecule has 0 atom stereocenters. The monoisotopic (exact) mass is 390 g/mol. The predicted octanol–water partition coefficient (Wildman–Crippen LogP) is 4.09. The lowest BCUT2D eigenvalue weighted by molar-refractivity contribution is 0.0773. The van der Waals surface area contributed by atoms with Gasteiger partial charge in [-0.1, -0.05) is 11.6 Å². The molecular formula is C20H23ClN2O4. The van der Waals surface area contributed by atoms with Crippen molar-refractivity contribution in [1.29, 1.82) is 0 Å². The summed E-state index contributed by atoms with van der Waals surface area (Å²) in [6.07, 6.45) is 0. The first-order valence-corrected chi connectivity index (χ1v) is 8.95. The van der Waals surface area contributed by atoms with Gasteiger partial charge in [0.2, 0.25) is 0 Å². The lowest BCUT2D eigenvalue weighted by atomic mass is 10.1. The van der Waals surface area contributed by atoms with Gasteiger partial charge in [-0.2, -0.15) is 0 Å². The molecule has 0 aromatic heterocycles. The molecule has 2 amide bonds. The van der Waals surface area contributed by atoms with Crippen molar-refractivity contribution in [3.63, 3.8) is 0 Å². The summed E-state index contributed by atoms with van der Waals surface area (Å²) in [6, 6.07) is 9.75. The third-order valence-corrected chi connectivity index (χ3v) is 4.47. The zero-order valence-electron chi connectivity index (χ0n) is 15.8. The number of rotatable bonds is 7. The van der Waals surface area contributed by atoms with Gasteiger partial charge < -0.3 is 19.7 Å². The van der Waals surface area contributed by atoms with Crippen molar-refractivity contribution in [2.75, 3.05) is 32.6 Å². The van der Waals surface area contributed by atoms with Crippen LogP contribution in [-0.4, -0.2) is 44.0 Å². The van der Waals surface area contributed by atoms with Crippen LogP contribution in [-0.2, 0) is 0 Å². The average Bonchev–Trinajstić information content (AvgIpc) is 2.68. The van der Waals surface area contributed by atoms with Crippen LogP contribution in [0.1, 0.15) is 34.6 Å². The van der Waals surface area contributed by atoms with Crippen LogP contribution >= 0.6 is 11.6 Å². The summed E-state index contributed by atoms with van der Waals surface area (Å²) in [7, 11) is 3.02. The zero-order chi connectivity index (χ0) is 20.0. The molecule has 27 heavy (non-hydrogen) atoms. The standard InChI is InChI=1S/C20H23ClN2O4/c1-5-23(6-2)20(25)15-9-7-13(11-17(15)21)22-19(24)16-10-8-14(26-3)12-18(16)27-4/h7-12H,5-6H2,1-4H3,(H,22,24). The Morgan fingerprint density at radius 2 is 1.67 bits per heavy atom. The van der Waals surface area contributed by atoms with Crippen LogP contribution in [0.4, 0.5) is 5.69 Å². The third kappa shape index (κ3) is 4.71. The van der Waals surface area contributed by atoms with Gasteiger partial charge in [-0.3, -0.25) is 9.59 Å². The van der Waals surface area contributed by atoms with E-state index in [-0.39, 0.29) is 16.8 Å². The van der Waals surface area contributed by atoms with E-state index >= 15 is 0 Å². The van der Waals surface area contributed by atoms with Gasteiger partial charge in [0.1, 0.15) is 11.5 Å². The van der Waals surface area contributed by atoms with Gasteiger partial charge in [0, 0.05) is 24.8 Å². The van der Waals surface area contributed by atoms with E-state index in [4.69, 9.17) is 21.1 Å². The Morgan fingerprint density at radius 1 is 1.00 bits per heavy atom. The van der Waals surface area contributed by atoms with E-state index in [0.717, 1.165) is 0 Å². The summed E-state index contributed by atoms with van der Waals surface area (Å²) in [5, 5.41) is 3.05. The SMILES string of the molecule is CCN(CC)C(=O)c1ccc(NC(=O)c2ccc(OC)cc2OC)cc1Cl. The minimum Gasteiger partial charge on any atom is -0.497 e. The number of amides is 2. The van der Waals surface area contributed by atoms with Gasteiger partial charge >= 0.3 is 0 Å². The van der Waals surface area contributed by atoms with Crippen LogP contribution in [0, 0.1) is 0 Å². The topological polar surface area (TPSA) is 67.9 Å². The molecule has 2 aromatic rings. The molecule has 0 radical (unpaired) electrons. The maximum absolute atomic E-state index is 12.6. The van der Waals surface area contributed by atoms with Crippen molar-refractivity contribution in [2.24, 2.45) is 0 Å². The van der Waals surface area contributed by atoms with E-state index in [1.54, 1.807) is 41.3 Å². The van der Waals surface area contributed by atoms with Crippen LogP contribution in [0.2, 0.25) is 5.02 Å². The fourth-order valence-corrected chi connectivity index (χ4v) is 2.89. The third-order valence-electron chi connectivity index (χ3n) is 4.16. The van der Waals surface area contributed by atoms with Gasteiger partial charge in [-0.25, -0.2) is 0 Å². The number of carbonyl (C=O) groups is 2. The Bertz CT molecular complexity index is 835. The molecule has 7 heteroatoms. The summed E-state index contributed by atoms with van der Waals surface area (Å²) in [4.78, 5) is 26.7. The maximum Gasteiger partial charge on any atom is 0.259 e. The highest BCUT2D eigenvalue weighted by Crippen LogP contribution is 2.27. The molecule has 0 aliphatic rings. The molecule has 0 aliphatic carbocycles. The van der Waals surface area contributed by atoms with E-state index in [1.165, 1.54) is 14.2 Å². The molecule has 2 rings (SSSR count). The van der Waals surface area contributed by atoms with Crippen molar-refractivity contribution >= 4 is 29.1 Å². The fourth-order valence-electron chi connectivity index (χ4n) is 2.63. The van der Waals surface area contributed by atoms with Crippen molar-refractivity contribution < 1.29 is 19.1 Å². The quantitative estimate of drug-likeness (QED) is 0.773. The second kappa shape index (κ2) is 9.28. The van der Waals surface area contributed by atoms with Gasteiger partial charge in [-0.15, -0.1) is 0 Å². The zero-order valence-corrected chi connectivity index (χ0v) is 16.6. The van der Waals surface area contributed by atoms with E-state index in [0.29, 0.717) is 41.4 Å². The number of carbonyl (C=O) groups excluding carboxylic acids is 2. The van der Waals surface area contributed by atoms with Crippen LogP contribution in [0.25, 0.3) is 0 Å². The number of benzene rings is 2. The summed E-state index contributed by atoms with van der Waals surface area (Å²) in [6.45, 7) is 5.01. The highest BCUT2D eigenvalue weighted by Gasteiger charge is 2.18. The van der Waals surface area contributed by atoms with Crippen molar-refractivity contribution in [3.05, 3.63) is 52.5 Å². The van der Waals surface area contributed by atoms with Crippen LogP contribution in [0.3, 0.4) is 0 Å². The largest absolute Gasteiger partial charge is 0.497 e. The van der Waals surface area contributed by atoms with E-state index in [2.05, 4.69) is 5.32 Å². The summed E-state index contributed by atoms with van der Waals surface area (Å²) in [5.41, 5.74) is 1.25. The molecule has 6 nitrogen and oxygen atoms in total. The number of nitrogens with zero attached hydrogens (tertiary/aromatic N) is 1. The minimum absolute atomic E-state index is 0.139. The highest BCUT2D eigenvalue weighted by molar-refractivity contribution is 6.34. The fraction of sp³-hybridized carbons (Fsp3) is 0.300. The number of halogens is 1. The Balaban J connectivity index is 2.22. The molecule has 2 aromatic carbocycles. The first-order chi connectivity index (χ1) is 12.9. The smallest absolute Gasteiger partial charge is 0.259 e. The highest BCUT2D eigenvalue weighted by atomic mass is 35.5. The summed E-state index contributed by atoms with van der Waals surface area (Å²) >= 11 is 6.27. The van der Waals surface area contributed by atoms with Crippen molar-refractivity contribution in [1.82, 2.24) is 4.90 Å². The number of methoxy groups -OCH3 is 2. The molecule has 0 fully saturated rings. The lowest BCUT2D eigenvalue weighted by Crippen LogP contribution is -2.30. The Hall–Kier alpha value is -2.73. The van der Waals surface area contributed by atoms with Crippen molar-refractivity contribution in [3.8, 4) is 11.5 Å². The number of hydrogen-bond acceptors (Lipinski definition) is 4. The van der Waals surface area contributed by atoms with Crippen LogP contribution < -0.4 is 14.8 Å². The lowest BCUT2D eigenvalue weighted by Gasteiger charge is -2.19. The Kier molecular flexibility index (Phi) is 7.07. The van der Waals surface area contributed by atoms with Gasteiger partial charge in [-0.05, 0) is 44.2 Å². The molecule has 0 saturated carbocycles. The van der Waals surface area contributed by atoms with E-state index in [9.17, 15) is 9.59 Å². The summed E-state index contributed by atoms with van der Waals surface area (Å²) < 4.78 is 10.4. The van der Waals surface area contributed by atoms with Crippen LogP contribution in [0.15, 0.2) is 36.4 Å². The number of nitrogens with one attached hydrogen (secondary N) is 1. The first kappa shape index (κ1) is 20.6. The Labute approximate surface area is 164 Å². The molecule has 0 spiro atoms. The molecule has 0 saturated heterocycles. The molecule has 144 valence electrons. The number of anilines is 1. The second-order valence-corrected chi connectivity index (χ2v) is 6.10. The van der Waals surface area contributed by atoms with Gasteiger partial charge in [0.15, 0.2) is 0 Å². The second-order valence-electron chi connectivity index (χ2n) is 5.69. The number of hydrogen-bond donors (Lipinski definition) is 1. The van der Waals surface area contributed by atoms with E-state index in [1.807, 2.05) is 13.8 Å². The first-order valence-electron chi connectivity index (χ1n) is 8.57. The number of ether oxygens (including phenoxy) is 2. The van der Waals surface area contributed by atoms with Crippen molar-refractivity contribution in [2.45, 2.75) is 13.8 Å². The molecule has 1 N–H and O–H groups in total. The van der Waals surface area contributed by atoms with Gasteiger partial charge in [0.05, 0.1) is 30.4 Å². The van der Waals surface area contributed by atoms with Crippen LogP contribution in [0.5, 0.6) is 11.5 Å². The normalized spacial score (nSPS) is 10.3.